The lowest BCUT2D eigenvalue weighted by Gasteiger charge is -2.38. The van der Waals surface area contributed by atoms with Crippen LogP contribution < -0.4 is 10.1 Å². The molecule has 27 heavy (non-hydrogen) atoms. The normalized spacial score (nSPS) is 27.4. The number of benzene rings is 1. The molecule has 1 aliphatic heterocycles. The van der Waals surface area contributed by atoms with Gasteiger partial charge in [0.15, 0.2) is 5.96 Å². The summed E-state index contributed by atoms with van der Waals surface area (Å²) in [5.74, 6) is 1.94. The van der Waals surface area contributed by atoms with Crippen LogP contribution in [0.2, 0.25) is 0 Å². The summed E-state index contributed by atoms with van der Waals surface area (Å²) in [6.45, 7) is 7.74. The highest BCUT2D eigenvalue weighted by atomic mass is 16.5. The van der Waals surface area contributed by atoms with Gasteiger partial charge < -0.3 is 20.1 Å². The molecule has 0 amide bonds. The fourth-order valence-electron chi connectivity index (χ4n) is 4.12. The molecule has 5 heteroatoms. The lowest BCUT2D eigenvalue weighted by atomic mass is 9.73. The SMILES string of the molecule is CCNC(=NCC1(C)CCCCC1O)N1CCC(Oc2ccccc2)CC1. The first kappa shape index (κ1) is 20.0. The van der Waals surface area contributed by atoms with Gasteiger partial charge in [0.25, 0.3) is 0 Å². The van der Waals surface area contributed by atoms with Gasteiger partial charge in [-0.3, -0.25) is 4.99 Å². The molecule has 0 bridgehead atoms. The topological polar surface area (TPSA) is 57.1 Å². The van der Waals surface area contributed by atoms with E-state index >= 15 is 0 Å². The van der Waals surface area contributed by atoms with Crippen LogP contribution in [0.5, 0.6) is 5.75 Å². The smallest absolute Gasteiger partial charge is 0.193 e. The van der Waals surface area contributed by atoms with Gasteiger partial charge in [0, 0.05) is 37.9 Å². The molecule has 3 rings (SSSR count). The zero-order valence-electron chi connectivity index (χ0n) is 16.9. The Bertz CT molecular complexity index is 599. The zero-order chi connectivity index (χ0) is 19.1. The molecule has 1 aromatic rings. The molecule has 2 aliphatic rings. The van der Waals surface area contributed by atoms with Crippen molar-refractivity contribution in [1.82, 2.24) is 10.2 Å². The van der Waals surface area contributed by atoms with E-state index < -0.39 is 0 Å². The van der Waals surface area contributed by atoms with Gasteiger partial charge in [0.05, 0.1) is 12.6 Å². The van der Waals surface area contributed by atoms with Crippen molar-refractivity contribution < 1.29 is 9.84 Å². The molecule has 1 aliphatic carbocycles. The van der Waals surface area contributed by atoms with Crippen molar-refractivity contribution >= 4 is 5.96 Å². The fourth-order valence-corrected chi connectivity index (χ4v) is 4.12. The van der Waals surface area contributed by atoms with Gasteiger partial charge in [-0.25, -0.2) is 0 Å². The minimum atomic E-state index is -0.233. The molecule has 2 fully saturated rings. The van der Waals surface area contributed by atoms with Gasteiger partial charge in [0.1, 0.15) is 11.9 Å². The number of ether oxygens (including phenoxy) is 1. The van der Waals surface area contributed by atoms with Crippen LogP contribution in [0.3, 0.4) is 0 Å². The van der Waals surface area contributed by atoms with Gasteiger partial charge in [-0.15, -0.1) is 0 Å². The van der Waals surface area contributed by atoms with Gasteiger partial charge in [0.2, 0.25) is 0 Å². The number of piperidine rings is 1. The number of aliphatic hydroxyl groups is 1. The van der Waals surface area contributed by atoms with E-state index in [2.05, 4.69) is 24.1 Å². The third-order valence-corrected chi connectivity index (χ3v) is 5.99. The first-order valence-electron chi connectivity index (χ1n) is 10.5. The van der Waals surface area contributed by atoms with Crippen molar-refractivity contribution in [3.05, 3.63) is 30.3 Å². The Morgan fingerprint density at radius 2 is 1.96 bits per heavy atom. The van der Waals surface area contributed by atoms with Gasteiger partial charge in [-0.2, -0.15) is 0 Å². The molecular weight excluding hydrogens is 338 g/mol. The minimum absolute atomic E-state index is 0.0896. The van der Waals surface area contributed by atoms with Crippen LogP contribution in [0.1, 0.15) is 52.4 Å². The Kier molecular flexibility index (Phi) is 7.00. The van der Waals surface area contributed by atoms with E-state index in [9.17, 15) is 5.11 Å². The Hall–Kier alpha value is -1.75. The van der Waals surface area contributed by atoms with Crippen molar-refractivity contribution in [3.8, 4) is 5.75 Å². The van der Waals surface area contributed by atoms with Crippen LogP contribution in [0.15, 0.2) is 35.3 Å². The molecule has 1 saturated heterocycles. The number of likely N-dealkylation sites (tertiary alicyclic amines) is 1. The maximum atomic E-state index is 10.4. The van der Waals surface area contributed by atoms with Crippen LogP contribution in [0.25, 0.3) is 0 Å². The Balaban J connectivity index is 1.56. The summed E-state index contributed by atoms with van der Waals surface area (Å²) in [7, 11) is 0. The molecule has 0 aromatic heterocycles. The molecule has 150 valence electrons. The summed E-state index contributed by atoms with van der Waals surface area (Å²) in [5.41, 5.74) is -0.0896. The Morgan fingerprint density at radius 1 is 1.22 bits per heavy atom. The van der Waals surface area contributed by atoms with E-state index in [1.54, 1.807) is 0 Å². The monoisotopic (exact) mass is 373 g/mol. The van der Waals surface area contributed by atoms with Crippen molar-refractivity contribution in [3.63, 3.8) is 0 Å². The minimum Gasteiger partial charge on any atom is -0.490 e. The number of rotatable bonds is 5. The van der Waals surface area contributed by atoms with E-state index in [-0.39, 0.29) is 17.6 Å². The molecule has 1 aromatic carbocycles. The molecule has 0 radical (unpaired) electrons. The highest BCUT2D eigenvalue weighted by Gasteiger charge is 2.35. The number of para-hydroxylation sites is 1. The lowest BCUT2D eigenvalue weighted by Crippen LogP contribution is -2.48. The molecule has 1 heterocycles. The van der Waals surface area contributed by atoms with E-state index in [1.165, 1.54) is 6.42 Å². The van der Waals surface area contributed by atoms with Gasteiger partial charge >= 0.3 is 0 Å². The summed E-state index contributed by atoms with van der Waals surface area (Å²) < 4.78 is 6.11. The van der Waals surface area contributed by atoms with Crippen LogP contribution in [0.4, 0.5) is 0 Å². The molecule has 5 nitrogen and oxygen atoms in total. The highest BCUT2D eigenvalue weighted by molar-refractivity contribution is 5.80. The van der Waals surface area contributed by atoms with Crippen LogP contribution in [0, 0.1) is 5.41 Å². The predicted molar refractivity (Wildman–Crippen MR) is 110 cm³/mol. The van der Waals surface area contributed by atoms with Crippen molar-refractivity contribution in [2.24, 2.45) is 10.4 Å². The quantitative estimate of drug-likeness (QED) is 0.613. The number of guanidine groups is 1. The van der Waals surface area contributed by atoms with Crippen molar-refractivity contribution in [2.75, 3.05) is 26.2 Å². The maximum absolute atomic E-state index is 10.4. The maximum Gasteiger partial charge on any atom is 0.193 e. The molecule has 2 unspecified atom stereocenters. The Morgan fingerprint density at radius 3 is 2.63 bits per heavy atom. The Labute approximate surface area is 163 Å². The van der Waals surface area contributed by atoms with Gasteiger partial charge in [-0.1, -0.05) is 38.0 Å². The number of nitrogens with zero attached hydrogens (tertiary/aromatic N) is 2. The average Bonchev–Trinajstić information content (AvgIpc) is 2.69. The first-order valence-corrected chi connectivity index (χ1v) is 10.5. The summed E-state index contributed by atoms with van der Waals surface area (Å²) in [6.07, 6.45) is 6.33. The third-order valence-electron chi connectivity index (χ3n) is 5.99. The van der Waals surface area contributed by atoms with E-state index in [0.29, 0.717) is 6.54 Å². The van der Waals surface area contributed by atoms with Gasteiger partial charge in [-0.05, 0) is 31.9 Å². The van der Waals surface area contributed by atoms with Crippen LogP contribution in [-0.2, 0) is 0 Å². The largest absolute Gasteiger partial charge is 0.490 e. The summed E-state index contributed by atoms with van der Waals surface area (Å²) in [5, 5.41) is 13.9. The number of hydrogen-bond donors (Lipinski definition) is 2. The predicted octanol–water partition coefficient (Wildman–Crippen LogP) is 3.44. The summed E-state index contributed by atoms with van der Waals surface area (Å²) in [6, 6.07) is 10.1. The standard InChI is InChI=1S/C22H35N3O2/c1-3-23-21(24-17-22(2)14-8-7-11-20(22)26)25-15-12-19(13-16-25)27-18-9-5-4-6-10-18/h4-6,9-10,19-20,26H,3,7-8,11-17H2,1-2H3,(H,23,24). The summed E-state index contributed by atoms with van der Waals surface area (Å²) >= 11 is 0. The van der Waals surface area contributed by atoms with E-state index in [1.807, 2.05) is 30.3 Å². The molecule has 1 saturated carbocycles. The average molecular weight is 374 g/mol. The van der Waals surface area contributed by atoms with Crippen LogP contribution in [-0.4, -0.2) is 54.4 Å². The van der Waals surface area contributed by atoms with Crippen LogP contribution >= 0.6 is 0 Å². The number of hydrogen-bond acceptors (Lipinski definition) is 3. The third kappa shape index (κ3) is 5.38. The fraction of sp³-hybridized carbons (Fsp3) is 0.682. The molecule has 2 N–H and O–H groups in total. The summed E-state index contributed by atoms with van der Waals surface area (Å²) in [4.78, 5) is 7.26. The first-order chi connectivity index (χ1) is 13.1. The molecule has 0 spiro atoms. The second kappa shape index (κ2) is 9.45. The molecular formula is C22H35N3O2. The van der Waals surface area contributed by atoms with E-state index in [0.717, 1.165) is 63.4 Å². The van der Waals surface area contributed by atoms with E-state index in [4.69, 9.17) is 9.73 Å². The number of aliphatic imine (C=N–C) groups is 1. The number of aliphatic hydroxyl groups excluding tert-OH is 1. The number of nitrogens with one attached hydrogen (secondary N) is 1. The van der Waals surface area contributed by atoms with Crippen molar-refractivity contribution in [2.45, 2.75) is 64.6 Å². The lowest BCUT2D eigenvalue weighted by molar-refractivity contribution is 0.00697. The van der Waals surface area contributed by atoms with Crippen molar-refractivity contribution in [1.29, 1.82) is 0 Å². The second-order valence-electron chi connectivity index (χ2n) is 8.20. The zero-order valence-corrected chi connectivity index (χ0v) is 16.9. The highest BCUT2D eigenvalue weighted by Crippen LogP contribution is 2.36. The second-order valence-corrected chi connectivity index (χ2v) is 8.20. The molecule has 2 atom stereocenters.